The van der Waals surface area contributed by atoms with Gasteiger partial charge >= 0.3 is 0 Å². The Hall–Kier alpha value is -1.76. The zero-order valence-electron chi connectivity index (χ0n) is 11.9. The van der Waals surface area contributed by atoms with Crippen LogP contribution in [0.5, 0.6) is 0 Å². The molecule has 2 heterocycles. The summed E-state index contributed by atoms with van der Waals surface area (Å²) in [6, 6.07) is 9.63. The minimum absolute atomic E-state index is 0.0547. The fourth-order valence-electron chi connectivity index (χ4n) is 2.09. The number of thiocarbonyl (C=S) groups is 1. The van der Waals surface area contributed by atoms with E-state index < -0.39 is 5.82 Å². The maximum atomic E-state index is 13.3. The van der Waals surface area contributed by atoms with Crippen LogP contribution in [0.25, 0.3) is 6.08 Å². The highest BCUT2D eigenvalue weighted by Gasteiger charge is 2.33. The first-order chi connectivity index (χ1) is 11.0. The number of benzene rings is 1. The highest BCUT2D eigenvalue weighted by molar-refractivity contribution is 8.27. The lowest BCUT2D eigenvalue weighted by Gasteiger charge is -2.14. The van der Waals surface area contributed by atoms with Gasteiger partial charge in [0.15, 0.2) is 4.32 Å². The van der Waals surface area contributed by atoms with Gasteiger partial charge in [0.1, 0.15) is 5.82 Å². The fourth-order valence-corrected chi connectivity index (χ4v) is 3.55. The molecule has 1 aromatic carbocycles. The number of hydrogen-bond donors (Lipinski definition) is 0. The molecule has 0 saturated carbocycles. The van der Waals surface area contributed by atoms with Crippen molar-refractivity contribution in [2.24, 2.45) is 0 Å². The van der Waals surface area contributed by atoms with Crippen LogP contribution in [-0.4, -0.2) is 15.2 Å². The molecule has 2 aromatic rings. The SMILES string of the molecule is Cc1cccc(/C=C2\SC(=S)N(c3ccc(F)c(Cl)c3)C2=O)n1. The second-order valence-electron chi connectivity index (χ2n) is 4.82. The number of carbonyl (C=O) groups excluding carboxylic acids is 1. The van der Waals surface area contributed by atoms with Crippen LogP contribution in [0.2, 0.25) is 5.02 Å². The van der Waals surface area contributed by atoms with E-state index in [-0.39, 0.29) is 10.9 Å². The monoisotopic (exact) mass is 364 g/mol. The molecule has 0 unspecified atom stereocenters. The number of halogens is 2. The Balaban J connectivity index is 1.95. The predicted octanol–water partition coefficient (Wildman–Crippen LogP) is 4.59. The van der Waals surface area contributed by atoms with Gasteiger partial charge in [0.05, 0.1) is 21.3 Å². The number of rotatable bonds is 2. The van der Waals surface area contributed by atoms with Gasteiger partial charge in [0, 0.05) is 5.69 Å². The van der Waals surface area contributed by atoms with Gasteiger partial charge in [-0.1, -0.05) is 41.6 Å². The van der Waals surface area contributed by atoms with Crippen molar-refractivity contribution in [1.82, 2.24) is 4.98 Å². The predicted molar refractivity (Wildman–Crippen MR) is 96.0 cm³/mol. The Morgan fingerprint density at radius 2 is 2.13 bits per heavy atom. The first kappa shape index (κ1) is 16.1. The van der Waals surface area contributed by atoms with E-state index in [1.165, 1.54) is 34.9 Å². The highest BCUT2D eigenvalue weighted by atomic mass is 35.5. The van der Waals surface area contributed by atoms with Gasteiger partial charge in [-0.3, -0.25) is 14.7 Å². The minimum Gasteiger partial charge on any atom is -0.268 e. The van der Waals surface area contributed by atoms with Gasteiger partial charge in [-0.2, -0.15) is 0 Å². The number of aromatic nitrogens is 1. The van der Waals surface area contributed by atoms with E-state index in [1.54, 1.807) is 6.08 Å². The Labute approximate surface area is 147 Å². The first-order valence-corrected chi connectivity index (χ1v) is 8.22. The lowest BCUT2D eigenvalue weighted by atomic mass is 10.2. The van der Waals surface area contributed by atoms with Crippen molar-refractivity contribution in [1.29, 1.82) is 0 Å². The fraction of sp³-hybridized carbons (Fsp3) is 0.0625. The zero-order chi connectivity index (χ0) is 16.6. The summed E-state index contributed by atoms with van der Waals surface area (Å²) in [5, 5.41) is -0.0547. The van der Waals surface area contributed by atoms with E-state index in [4.69, 9.17) is 23.8 Å². The lowest BCUT2D eigenvalue weighted by molar-refractivity contribution is -0.113. The van der Waals surface area contributed by atoms with E-state index in [0.717, 1.165) is 5.69 Å². The normalized spacial score (nSPS) is 16.5. The molecule has 0 spiro atoms. The van der Waals surface area contributed by atoms with Crippen molar-refractivity contribution in [3.63, 3.8) is 0 Å². The third-order valence-corrected chi connectivity index (χ3v) is 4.74. The average molecular weight is 365 g/mol. The second kappa shape index (κ2) is 6.39. The summed E-state index contributed by atoms with van der Waals surface area (Å²) in [4.78, 5) is 18.7. The van der Waals surface area contributed by atoms with Crippen LogP contribution in [-0.2, 0) is 4.79 Å². The molecule has 23 heavy (non-hydrogen) atoms. The summed E-state index contributed by atoms with van der Waals surface area (Å²) in [6.45, 7) is 1.88. The molecule has 116 valence electrons. The van der Waals surface area contributed by atoms with Crippen molar-refractivity contribution in [2.75, 3.05) is 4.90 Å². The van der Waals surface area contributed by atoms with Gasteiger partial charge in [-0.05, 0) is 43.3 Å². The Bertz CT molecular complexity index is 854. The van der Waals surface area contributed by atoms with Crippen molar-refractivity contribution in [3.8, 4) is 0 Å². The number of pyridine rings is 1. The number of aryl methyl sites for hydroxylation is 1. The largest absolute Gasteiger partial charge is 0.270 e. The van der Waals surface area contributed by atoms with E-state index in [0.29, 0.717) is 20.6 Å². The van der Waals surface area contributed by atoms with Crippen LogP contribution in [0.3, 0.4) is 0 Å². The topological polar surface area (TPSA) is 33.2 Å². The second-order valence-corrected chi connectivity index (χ2v) is 6.90. The first-order valence-electron chi connectivity index (χ1n) is 6.62. The molecule has 7 heteroatoms. The molecular formula is C16H10ClFN2OS2. The molecule has 1 aromatic heterocycles. The van der Waals surface area contributed by atoms with Gasteiger partial charge in [-0.15, -0.1) is 0 Å². The standard InChI is InChI=1S/C16H10ClFN2OS2/c1-9-3-2-4-10(19-9)7-14-15(21)20(16(22)23-14)11-5-6-13(18)12(17)8-11/h2-8H,1H3/b14-7-. The van der Waals surface area contributed by atoms with Crippen molar-refractivity contribution < 1.29 is 9.18 Å². The van der Waals surface area contributed by atoms with Crippen LogP contribution in [0.15, 0.2) is 41.3 Å². The molecule has 3 rings (SSSR count). The molecule has 1 fully saturated rings. The van der Waals surface area contributed by atoms with Crippen molar-refractivity contribution in [2.45, 2.75) is 6.92 Å². The molecule has 1 aliphatic rings. The van der Waals surface area contributed by atoms with Crippen molar-refractivity contribution in [3.05, 3.63) is 63.5 Å². The minimum atomic E-state index is -0.541. The van der Waals surface area contributed by atoms with Crippen LogP contribution in [0.1, 0.15) is 11.4 Å². The molecule has 0 bridgehead atoms. The third kappa shape index (κ3) is 3.29. The van der Waals surface area contributed by atoms with E-state index >= 15 is 0 Å². The highest BCUT2D eigenvalue weighted by Crippen LogP contribution is 2.36. The summed E-state index contributed by atoms with van der Waals surface area (Å²) in [5.41, 5.74) is 1.99. The summed E-state index contributed by atoms with van der Waals surface area (Å²) in [5.74, 6) is -0.814. The molecule has 0 aliphatic carbocycles. The van der Waals surface area contributed by atoms with E-state index in [2.05, 4.69) is 4.98 Å². The van der Waals surface area contributed by atoms with Crippen LogP contribution in [0, 0.1) is 12.7 Å². The van der Waals surface area contributed by atoms with Gasteiger partial charge < -0.3 is 0 Å². The number of nitrogens with zero attached hydrogens (tertiary/aromatic N) is 2. The maximum Gasteiger partial charge on any atom is 0.270 e. The quantitative estimate of drug-likeness (QED) is 0.576. The molecule has 1 aliphatic heterocycles. The lowest BCUT2D eigenvalue weighted by Crippen LogP contribution is -2.27. The number of amides is 1. The van der Waals surface area contributed by atoms with Gasteiger partial charge in [0.2, 0.25) is 0 Å². The van der Waals surface area contributed by atoms with Crippen molar-refractivity contribution >= 4 is 57.6 Å². The Morgan fingerprint density at radius 3 is 2.83 bits per heavy atom. The number of hydrogen-bond acceptors (Lipinski definition) is 4. The smallest absolute Gasteiger partial charge is 0.268 e. The molecule has 0 N–H and O–H groups in total. The summed E-state index contributed by atoms with van der Waals surface area (Å²) in [7, 11) is 0. The number of carbonyl (C=O) groups is 1. The van der Waals surface area contributed by atoms with Gasteiger partial charge in [-0.25, -0.2) is 4.39 Å². The van der Waals surface area contributed by atoms with E-state index in [1.807, 2.05) is 25.1 Å². The van der Waals surface area contributed by atoms with Gasteiger partial charge in [0.25, 0.3) is 5.91 Å². The average Bonchev–Trinajstić information content (AvgIpc) is 2.77. The van der Waals surface area contributed by atoms with Crippen LogP contribution in [0.4, 0.5) is 10.1 Å². The van der Waals surface area contributed by atoms with Crippen LogP contribution < -0.4 is 4.90 Å². The molecule has 1 amide bonds. The third-order valence-electron chi connectivity index (χ3n) is 3.14. The Kier molecular flexibility index (Phi) is 4.48. The summed E-state index contributed by atoms with van der Waals surface area (Å²) >= 11 is 12.2. The van der Waals surface area contributed by atoms with Crippen LogP contribution >= 0.6 is 35.6 Å². The summed E-state index contributed by atoms with van der Waals surface area (Å²) in [6.07, 6.45) is 1.69. The number of anilines is 1. The molecule has 3 nitrogen and oxygen atoms in total. The maximum absolute atomic E-state index is 13.3. The number of thioether (sulfide) groups is 1. The summed E-state index contributed by atoms with van der Waals surface area (Å²) < 4.78 is 13.7. The zero-order valence-corrected chi connectivity index (χ0v) is 14.3. The molecular weight excluding hydrogens is 355 g/mol. The molecule has 1 saturated heterocycles. The van der Waals surface area contributed by atoms with E-state index in [9.17, 15) is 9.18 Å². The molecule has 0 radical (unpaired) electrons. The molecule has 0 atom stereocenters. The Morgan fingerprint density at radius 1 is 1.35 bits per heavy atom.